The van der Waals surface area contributed by atoms with Crippen LogP contribution >= 0.6 is 11.8 Å². The van der Waals surface area contributed by atoms with Gasteiger partial charge in [-0.2, -0.15) is 0 Å². The molecule has 0 unspecified atom stereocenters. The monoisotopic (exact) mass is 307 g/mol. The zero-order valence-electron chi connectivity index (χ0n) is 11.3. The molecule has 0 saturated carbocycles. The first-order chi connectivity index (χ1) is 10.1. The van der Waals surface area contributed by atoms with Gasteiger partial charge in [-0.3, -0.25) is 19.3 Å². The van der Waals surface area contributed by atoms with Gasteiger partial charge in [0.25, 0.3) is 11.1 Å². The summed E-state index contributed by atoms with van der Waals surface area (Å²) < 4.78 is 9.83. The number of furan rings is 1. The third kappa shape index (κ3) is 3.85. The van der Waals surface area contributed by atoms with Gasteiger partial charge in [0, 0.05) is 0 Å². The molecular formula is C14H13NO5S. The van der Waals surface area contributed by atoms with E-state index in [0.29, 0.717) is 5.76 Å². The standard InChI is InChI=1S/C14H13NO5S/c1-2-19-12(16)9-15-13(17)11(21-14(15)18)7-3-5-10-6-4-8-20-10/h3-8H,2,9H2,1H3. The second-order valence-electron chi connectivity index (χ2n) is 3.97. The molecule has 0 spiro atoms. The fourth-order valence-electron chi connectivity index (χ4n) is 1.60. The van der Waals surface area contributed by atoms with E-state index in [9.17, 15) is 14.4 Å². The molecule has 6 nitrogen and oxygen atoms in total. The number of carbonyl (C=O) groups is 3. The minimum atomic E-state index is -0.604. The lowest BCUT2D eigenvalue weighted by atomic mass is 10.3. The summed E-state index contributed by atoms with van der Waals surface area (Å²) in [5.74, 6) is -0.466. The van der Waals surface area contributed by atoms with Gasteiger partial charge in [-0.25, -0.2) is 0 Å². The van der Waals surface area contributed by atoms with Crippen molar-refractivity contribution in [2.75, 3.05) is 13.2 Å². The van der Waals surface area contributed by atoms with Gasteiger partial charge in [0.1, 0.15) is 12.3 Å². The Balaban J connectivity index is 2.02. The highest BCUT2D eigenvalue weighted by Gasteiger charge is 2.36. The molecular weight excluding hydrogens is 294 g/mol. The summed E-state index contributed by atoms with van der Waals surface area (Å²) in [6, 6.07) is 3.50. The number of hydrogen-bond donors (Lipinski definition) is 0. The molecule has 1 aliphatic heterocycles. The van der Waals surface area contributed by atoms with E-state index in [1.54, 1.807) is 31.2 Å². The van der Waals surface area contributed by atoms with E-state index in [2.05, 4.69) is 0 Å². The number of thioether (sulfide) groups is 1. The minimum absolute atomic E-state index is 0.205. The van der Waals surface area contributed by atoms with Crippen LogP contribution in [0, 0.1) is 0 Å². The van der Waals surface area contributed by atoms with E-state index in [-0.39, 0.29) is 18.1 Å². The average Bonchev–Trinajstić information content (AvgIpc) is 3.04. The molecule has 0 atom stereocenters. The Kier molecular flexibility index (Phi) is 4.99. The second kappa shape index (κ2) is 6.94. The van der Waals surface area contributed by atoms with E-state index >= 15 is 0 Å². The number of rotatable bonds is 5. The van der Waals surface area contributed by atoms with Crippen LogP contribution < -0.4 is 0 Å². The van der Waals surface area contributed by atoms with Crippen LogP contribution in [0.5, 0.6) is 0 Å². The molecule has 1 fully saturated rings. The Morgan fingerprint density at radius 1 is 1.48 bits per heavy atom. The van der Waals surface area contributed by atoms with Crippen LogP contribution in [-0.2, 0) is 14.3 Å². The average molecular weight is 307 g/mol. The van der Waals surface area contributed by atoms with Crippen molar-refractivity contribution < 1.29 is 23.5 Å². The minimum Gasteiger partial charge on any atom is -0.465 e. The lowest BCUT2D eigenvalue weighted by Gasteiger charge is -2.10. The van der Waals surface area contributed by atoms with Gasteiger partial charge in [0.2, 0.25) is 0 Å². The maximum absolute atomic E-state index is 12.0. The van der Waals surface area contributed by atoms with E-state index in [4.69, 9.17) is 9.15 Å². The lowest BCUT2D eigenvalue weighted by molar-refractivity contribution is -0.146. The first kappa shape index (κ1) is 15.1. The predicted molar refractivity (Wildman–Crippen MR) is 77.2 cm³/mol. The fourth-order valence-corrected chi connectivity index (χ4v) is 2.39. The molecule has 0 N–H and O–H groups in total. The predicted octanol–water partition coefficient (Wildman–Crippen LogP) is 2.44. The smallest absolute Gasteiger partial charge is 0.326 e. The first-order valence-corrected chi connectivity index (χ1v) is 7.04. The lowest BCUT2D eigenvalue weighted by Crippen LogP contribution is -2.34. The summed E-state index contributed by atoms with van der Waals surface area (Å²) in [7, 11) is 0. The SMILES string of the molecule is CCOC(=O)CN1C(=O)SC(=CC=Cc2ccco2)C1=O. The molecule has 1 aromatic heterocycles. The van der Waals surface area contributed by atoms with Crippen molar-refractivity contribution in [2.45, 2.75) is 6.92 Å². The van der Waals surface area contributed by atoms with Crippen molar-refractivity contribution in [3.63, 3.8) is 0 Å². The third-order valence-electron chi connectivity index (χ3n) is 2.52. The van der Waals surface area contributed by atoms with Crippen molar-refractivity contribution in [3.8, 4) is 0 Å². The molecule has 7 heteroatoms. The van der Waals surface area contributed by atoms with E-state index in [0.717, 1.165) is 16.7 Å². The number of allylic oxidation sites excluding steroid dienone is 2. The second-order valence-corrected chi connectivity index (χ2v) is 4.96. The van der Waals surface area contributed by atoms with Gasteiger partial charge in [0.15, 0.2) is 0 Å². The maximum atomic E-state index is 12.0. The Hall–Kier alpha value is -2.28. The number of ether oxygens (including phenoxy) is 1. The summed E-state index contributed by atoms with van der Waals surface area (Å²) >= 11 is 0.788. The topological polar surface area (TPSA) is 76.8 Å². The molecule has 0 bridgehead atoms. The van der Waals surface area contributed by atoms with Gasteiger partial charge in [0.05, 0.1) is 17.8 Å². The summed E-state index contributed by atoms with van der Waals surface area (Å²) in [5.41, 5.74) is 0. The molecule has 0 aromatic carbocycles. The van der Waals surface area contributed by atoms with Crippen molar-refractivity contribution in [1.29, 1.82) is 0 Å². The van der Waals surface area contributed by atoms with Crippen LogP contribution in [0.1, 0.15) is 12.7 Å². The number of nitrogens with zero attached hydrogens (tertiary/aromatic N) is 1. The first-order valence-electron chi connectivity index (χ1n) is 6.23. The molecule has 1 saturated heterocycles. The number of amides is 2. The Bertz CT molecular complexity index is 603. The molecule has 110 valence electrons. The maximum Gasteiger partial charge on any atom is 0.326 e. The molecule has 2 amide bonds. The van der Waals surface area contributed by atoms with Gasteiger partial charge in [-0.1, -0.05) is 6.08 Å². The fraction of sp³-hybridized carbons (Fsp3) is 0.214. The highest BCUT2D eigenvalue weighted by Crippen LogP contribution is 2.30. The number of hydrogen-bond acceptors (Lipinski definition) is 6. The van der Waals surface area contributed by atoms with Crippen LogP contribution in [0.2, 0.25) is 0 Å². The van der Waals surface area contributed by atoms with E-state index < -0.39 is 17.1 Å². The molecule has 0 radical (unpaired) electrons. The van der Waals surface area contributed by atoms with Crippen LogP contribution in [0.4, 0.5) is 4.79 Å². The summed E-state index contributed by atoms with van der Waals surface area (Å²) in [4.78, 5) is 36.2. The van der Waals surface area contributed by atoms with E-state index in [1.807, 2.05) is 0 Å². The third-order valence-corrected chi connectivity index (χ3v) is 3.44. The van der Waals surface area contributed by atoms with Crippen LogP contribution in [0.15, 0.2) is 39.9 Å². The molecule has 2 heterocycles. The number of imide groups is 1. The quantitative estimate of drug-likeness (QED) is 0.614. The van der Waals surface area contributed by atoms with Crippen LogP contribution in [0.25, 0.3) is 6.08 Å². The van der Waals surface area contributed by atoms with Gasteiger partial charge < -0.3 is 9.15 Å². The zero-order chi connectivity index (χ0) is 15.2. The molecule has 21 heavy (non-hydrogen) atoms. The van der Waals surface area contributed by atoms with Gasteiger partial charge >= 0.3 is 5.97 Å². The van der Waals surface area contributed by atoms with Crippen molar-refractivity contribution in [3.05, 3.63) is 41.2 Å². The van der Waals surface area contributed by atoms with Crippen molar-refractivity contribution in [1.82, 2.24) is 4.90 Å². The van der Waals surface area contributed by atoms with Crippen LogP contribution in [-0.4, -0.2) is 35.2 Å². The summed E-state index contributed by atoms with van der Waals surface area (Å²) in [6.45, 7) is 1.50. The number of carbonyl (C=O) groups excluding carboxylic acids is 3. The highest BCUT2D eigenvalue weighted by molar-refractivity contribution is 8.18. The molecule has 2 rings (SSSR count). The summed E-state index contributed by atoms with van der Waals surface area (Å²) in [6.07, 6.45) is 6.32. The van der Waals surface area contributed by atoms with Crippen LogP contribution in [0.3, 0.4) is 0 Å². The normalized spacial score (nSPS) is 17.2. The zero-order valence-corrected chi connectivity index (χ0v) is 12.1. The molecule has 0 aliphatic carbocycles. The number of esters is 1. The van der Waals surface area contributed by atoms with Crippen molar-refractivity contribution in [2.24, 2.45) is 0 Å². The summed E-state index contributed by atoms with van der Waals surface area (Å²) in [5, 5.41) is -0.481. The Labute approximate surface area is 125 Å². The highest BCUT2D eigenvalue weighted by atomic mass is 32.2. The van der Waals surface area contributed by atoms with E-state index in [1.165, 1.54) is 12.3 Å². The Morgan fingerprint density at radius 2 is 2.29 bits per heavy atom. The van der Waals surface area contributed by atoms with Gasteiger partial charge in [-0.05, 0) is 43.0 Å². The molecule has 1 aromatic rings. The van der Waals surface area contributed by atoms with Gasteiger partial charge in [-0.15, -0.1) is 0 Å². The Morgan fingerprint density at radius 3 is 2.95 bits per heavy atom. The largest absolute Gasteiger partial charge is 0.465 e. The van der Waals surface area contributed by atoms with Crippen molar-refractivity contribution >= 4 is 35.0 Å². The molecule has 1 aliphatic rings.